The van der Waals surface area contributed by atoms with Gasteiger partial charge in [-0.1, -0.05) is 17.7 Å². The minimum atomic E-state index is -1.23. The summed E-state index contributed by atoms with van der Waals surface area (Å²) in [6, 6.07) is 1.20. The maximum atomic E-state index is 14.6. The molecule has 2 saturated heterocycles. The van der Waals surface area contributed by atoms with Crippen LogP contribution in [0.25, 0.3) is 0 Å². The van der Waals surface area contributed by atoms with E-state index in [1.165, 1.54) is 24.5 Å². The van der Waals surface area contributed by atoms with Gasteiger partial charge in [-0.2, -0.15) is 0 Å². The number of aliphatic imine (C=N–C) groups is 1. The van der Waals surface area contributed by atoms with Gasteiger partial charge in [-0.05, 0) is 32.1 Å². The normalized spacial score (nSPS) is 21.3. The first-order valence-electron chi connectivity index (χ1n) is 13.1. The molecule has 2 atom stereocenters. The fraction of sp³-hybridized carbons (Fsp3) is 0.444. The Balaban J connectivity index is 1.46. The molecule has 3 aliphatic heterocycles. The quantitative estimate of drug-likeness (QED) is 0.254. The lowest BCUT2D eigenvalue weighted by Crippen LogP contribution is -2.53. The number of hydrogen-bond acceptors (Lipinski definition) is 9. The van der Waals surface area contributed by atoms with E-state index in [1.807, 2.05) is 4.90 Å². The Hall–Kier alpha value is -3.20. The zero-order chi connectivity index (χ0) is 30.3. The molecule has 2 N–H and O–H groups in total. The van der Waals surface area contributed by atoms with E-state index < -0.39 is 40.1 Å². The van der Waals surface area contributed by atoms with Gasteiger partial charge < -0.3 is 25.0 Å². The van der Waals surface area contributed by atoms with Crippen LogP contribution in [-0.4, -0.2) is 100 Å². The van der Waals surface area contributed by atoms with E-state index in [0.717, 1.165) is 6.07 Å². The average Bonchev–Trinajstić information content (AvgIpc) is 3.59. The number of esters is 1. The molecule has 5 rings (SSSR count). The van der Waals surface area contributed by atoms with E-state index in [9.17, 15) is 23.5 Å². The Morgan fingerprint density at radius 2 is 2.05 bits per heavy atom. The maximum absolute atomic E-state index is 14.6. The molecule has 0 amide bonds. The summed E-state index contributed by atoms with van der Waals surface area (Å²) in [5.74, 6) is -3.56. The van der Waals surface area contributed by atoms with E-state index in [-0.39, 0.29) is 30.3 Å². The first-order valence-corrected chi connectivity index (χ1v) is 14.8. The van der Waals surface area contributed by atoms with E-state index in [0.29, 0.717) is 47.8 Å². The number of hydrogen-bond donors (Lipinski definition) is 2. The van der Waals surface area contributed by atoms with E-state index >= 15 is 0 Å². The average molecular weight is 639 g/mol. The number of carboxylic acids is 1. The molecule has 2 fully saturated rings. The number of aliphatic carboxylic acids is 1. The zero-order valence-corrected chi connectivity index (χ0v) is 25.5. The second-order valence-electron chi connectivity index (χ2n) is 10.9. The maximum Gasteiger partial charge on any atom is 0.338 e. The minimum absolute atomic E-state index is 0.0187. The van der Waals surface area contributed by atoms with Crippen LogP contribution in [0.3, 0.4) is 0 Å². The smallest absolute Gasteiger partial charge is 0.338 e. The molecular formula is C27H29ClF2N6O4S2. The Morgan fingerprint density at radius 1 is 1.29 bits per heavy atom. The number of thiocarbonyl (C=S) groups is 1. The molecule has 0 aliphatic carbocycles. The van der Waals surface area contributed by atoms with Gasteiger partial charge in [0.1, 0.15) is 6.04 Å². The van der Waals surface area contributed by atoms with Crippen LogP contribution in [-0.2, 0) is 14.3 Å². The Bertz CT molecular complexity index is 1490. The second kappa shape index (κ2) is 11.8. The topological polar surface area (TPSA) is 111 Å². The van der Waals surface area contributed by atoms with E-state index in [2.05, 4.69) is 25.1 Å². The third kappa shape index (κ3) is 5.72. The highest BCUT2D eigenvalue weighted by Crippen LogP contribution is 2.38. The summed E-state index contributed by atoms with van der Waals surface area (Å²) in [6.45, 7) is 6.29. The van der Waals surface area contributed by atoms with Crippen molar-refractivity contribution >= 4 is 58.0 Å². The molecule has 0 bridgehead atoms. The number of carbonyl (C=O) groups excluding carboxylic acids is 1. The molecule has 15 heteroatoms. The second-order valence-corrected chi connectivity index (χ2v) is 12.6. The number of ether oxygens (including phenoxy) is 1. The van der Waals surface area contributed by atoms with Crippen molar-refractivity contribution in [2.24, 2.45) is 10.4 Å². The Labute approximate surface area is 255 Å². The predicted octanol–water partition coefficient (Wildman–Crippen LogP) is 3.29. The molecule has 10 nitrogen and oxygen atoms in total. The number of aromatic nitrogens is 1. The van der Waals surface area contributed by atoms with Crippen LogP contribution in [0.15, 0.2) is 40.0 Å². The largest absolute Gasteiger partial charge is 0.481 e. The fourth-order valence-corrected chi connectivity index (χ4v) is 6.61. The number of nitrogens with zero attached hydrogens (tertiary/aromatic N) is 5. The number of carbonyl (C=O) groups is 2. The van der Waals surface area contributed by atoms with Gasteiger partial charge in [0.25, 0.3) is 0 Å². The van der Waals surface area contributed by atoms with Crippen LogP contribution in [0.2, 0.25) is 5.02 Å². The summed E-state index contributed by atoms with van der Waals surface area (Å²) in [5.41, 5.74) is -0.246. The van der Waals surface area contributed by atoms with Crippen molar-refractivity contribution in [3.05, 3.63) is 62.2 Å². The molecule has 3 aliphatic rings. The lowest BCUT2D eigenvalue weighted by Gasteiger charge is -2.38. The van der Waals surface area contributed by atoms with Gasteiger partial charge >= 0.3 is 11.9 Å². The van der Waals surface area contributed by atoms with Gasteiger partial charge in [-0.25, -0.2) is 18.6 Å². The summed E-state index contributed by atoms with van der Waals surface area (Å²) in [5, 5.41) is 15.3. The van der Waals surface area contributed by atoms with Crippen molar-refractivity contribution in [2.75, 3.05) is 46.4 Å². The molecule has 0 saturated carbocycles. The molecule has 42 heavy (non-hydrogen) atoms. The lowest BCUT2D eigenvalue weighted by molar-refractivity contribution is -0.147. The summed E-state index contributed by atoms with van der Waals surface area (Å²) >= 11 is 13.3. The van der Waals surface area contributed by atoms with Crippen LogP contribution in [0.1, 0.15) is 30.5 Å². The number of methoxy groups -OCH3 is 1. The first-order chi connectivity index (χ1) is 19.9. The number of nitrogens with one attached hydrogen (secondary N) is 1. The van der Waals surface area contributed by atoms with Gasteiger partial charge in [0.2, 0.25) is 0 Å². The monoisotopic (exact) mass is 638 g/mol. The molecule has 0 radical (unpaired) electrons. The van der Waals surface area contributed by atoms with Gasteiger partial charge in [0, 0.05) is 62.1 Å². The van der Waals surface area contributed by atoms with Gasteiger partial charge in [0.05, 0.1) is 29.2 Å². The van der Waals surface area contributed by atoms with E-state index in [4.69, 9.17) is 28.6 Å². The Kier molecular flexibility index (Phi) is 8.52. The highest BCUT2D eigenvalue weighted by Gasteiger charge is 2.42. The van der Waals surface area contributed by atoms with Crippen molar-refractivity contribution in [3.63, 3.8) is 0 Å². The van der Waals surface area contributed by atoms with Crippen molar-refractivity contribution in [2.45, 2.75) is 25.9 Å². The standard InChI is InChI=1S/C27H29ClF2N6O4S2/c1-27(2,25(38)39)13-35-11-14-10-34(7-8-36(14)26(35)41)12-17-18(24(37)40-3)21(15-4-5-16(29)20(30)19(15)28)33-22(32-17)23-31-6-9-42-23/h4-6,9,14,21H,7-8,10-13H2,1-3H3,(H,32,33)(H,38,39)/t14-,21-/m0/s1. The molecule has 4 heterocycles. The van der Waals surface area contributed by atoms with Crippen LogP contribution in [0, 0.1) is 17.0 Å². The number of rotatable bonds is 8. The van der Waals surface area contributed by atoms with Gasteiger partial charge in [-0.3, -0.25) is 14.7 Å². The molecule has 1 aromatic carbocycles. The number of benzene rings is 1. The van der Waals surface area contributed by atoms with Crippen LogP contribution in [0.5, 0.6) is 0 Å². The number of thiazole rings is 1. The van der Waals surface area contributed by atoms with Crippen LogP contribution < -0.4 is 5.32 Å². The van der Waals surface area contributed by atoms with Gasteiger partial charge in [-0.15, -0.1) is 11.3 Å². The lowest BCUT2D eigenvalue weighted by atomic mass is 9.93. The molecule has 224 valence electrons. The predicted molar refractivity (Wildman–Crippen MR) is 157 cm³/mol. The SMILES string of the molecule is COC(=O)C1=C(CN2CCN3C(=S)N(CC(C)(C)C(=O)O)C[C@@H]3C2)NC(c2nccs2)=N[C@H]1c1ccc(F)c(F)c1Cl. The van der Waals surface area contributed by atoms with Crippen LogP contribution >= 0.6 is 35.2 Å². The molecule has 0 unspecified atom stereocenters. The minimum Gasteiger partial charge on any atom is -0.481 e. The number of amidine groups is 1. The van der Waals surface area contributed by atoms with Gasteiger partial charge in [0.15, 0.2) is 27.6 Å². The number of piperazine rings is 1. The third-order valence-corrected chi connectivity index (χ3v) is 9.24. The van der Waals surface area contributed by atoms with E-state index in [1.54, 1.807) is 25.4 Å². The summed E-state index contributed by atoms with van der Waals surface area (Å²) in [4.78, 5) is 40.1. The molecule has 1 aromatic heterocycles. The summed E-state index contributed by atoms with van der Waals surface area (Å²) in [6.07, 6.45) is 1.61. The third-order valence-electron chi connectivity index (χ3n) is 7.59. The van der Waals surface area contributed by atoms with Crippen molar-refractivity contribution in [1.29, 1.82) is 0 Å². The van der Waals surface area contributed by atoms with Crippen molar-refractivity contribution < 1.29 is 28.2 Å². The van der Waals surface area contributed by atoms with Crippen molar-refractivity contribution in [3.8, 4) is 0 Å². The fourth-order valence-electron chi connectivity index (χ4n) is 5.38. The van der Waals surface area contributed by atoms with Crippen molar-refractivity contribution in [1.82, 2.24) is 25.0 Å². The Morgan fingerprint density at radius 3 is 2.71 bits per heavy atom. The molecule has 2 aromatic rings. The number of halogens is 3. The molecular weight excluding hydrogens is 610 g/mol. The number of fused-ring (bicyclic) bond motifs is 1. The summed E-state index contributed by atoms with van der Waals surface area (Å²) in [7, 11) is 1.24. The first kappa shape index (κ1) is 30.3. The highest BCUT2D eigenvalue weighted by molar-refractivity contribution is 7.80. The zero-order valence-electron chi connectivity index (χ0n) is 23.1. The highest BCUT2D eigenvalue weighted by atomic mass is 35.5. The summed E-state index contributed by atoms with van der Waals surface area (Å²) < 4.78 is 33.6. The molecule has 0 spiro atoms. The van der Waals surface area contributed by atoms with Crippen LogP contribution in [0.4, 0.5) is 8.78 Å². The number of carboxylic acid groups (broad SMARTS) is 1.